The number of benzene rings is 1. The first-order valence-corrected chi connectivity index (χ1v) is 5.99. The molecule has 1 aromatic rings. The fourth-order valence-corrected chi connectivity index (χ4v) is 2.37. The number of carbonyl (C=O) groups is 1. The Morgan fingerprint density at radius 2 is 2.06 bits per heavy atom. The Kier molecular flexibility index (Phi) is 3.61. The molecule has 1 aliphatic carbocycles. The van der Waals surface area contributed by atoms with E-state index in [9.17, 15) is 9.18 Å². The molecule has 0 heterocycles. The smallest absolute Gasteiger partial charge is 0.224 e. The Morgan fingerprint density at radius 1 is 1.35 bits per heavy atom. The zero-order valence-electron chi connectivity index (χ0n) is 9.71. The summed E-state index contributed by atoms with van der Waals surface area (Å²) in [6.07, 6.45) is 5.20. The van der Waals surface area contributed by atoms with E-state index < -0.39 is 5.82 Å². The Morgan fingerprint density at radius 3 is 2.71 bits per heavy atom. The van der Waals surface area contributed by atoms with Crippen LogP contribution in [-0.2, 0) is 4.79 Å². The van der Waals surface area contributed by atoms with E-state index in [1.807, 2.05) is 0 Å². The fourth-order valence-electron chi connectivity index (χ4n) is 2.37. The van der Waals surface area contributed by atoms with E-state index in [4.69, 9.17) is 5.73 Å². The number of nitrogen functional groups attached to an aromatic ring is 1. The molecule has 3 N–H and O–H groups in total. The van der Waals surface area contributed by atoms with Crippen LogP contribution in [0.15, 0.2) is 18.2 Å². The predicted octanol–water partition coefficient (Wildman–Crippen LogP) is 2.93. The van der Waals surface area contributed by atoms with Crippen molar-refractivity contribution in [3.05, 3.63) is 24.0 Å². The lowest BCUT2D eigenvalue weighted by molar-refractivity contribution is -0.117. The van der Waals surface area contributed by atoms with Crippen molar-refractivity contribution in [2.24, 2.45) is 5.92 Å². The lowest BCUT2D eigenvalue weighted by atomic mass is 10.0. The van der Waals surface area contributed by atoms with Crippen molar-refractivity contribution in [3.63, 3.8) is 0 Å². The molecule has 0 aliphatic heterocycles. The number of hydrogen-bond acceptors (Lipinski definition) is 2. The van der Waals surface area contributed by atoms with Crippen LogP contribution >= 0.6 is 0 Å². The summed E-state index contributed by atoms with van der Waals surface area (Å²) in [5.41, 5.74) is 6.26. The molecule has 0 saturated heterocycles. The molecule has 2 rings (SSSR count). The molecule has 92 valence electrons. The average molecular weight is 236 g/mol. The first kappa shape index (κ1) is 11.9. The molecule has 0 bridgehead atoms. The van der Waals surface area contributed by atoms with Gasteiger partial charge < -0.3 is 11.1 Å². The summed E-state index contributed by atoms with van der Waals surface area (Å²) in [5, 5.41) is 2.69. The molecule has 0 spiro atoms. The third kappa shape index (κ3) is 3.44. The van der Waals surface area contributed by atoms with Crippen LogP contribution in [0, 0.1) is 11.7 Å². The molecule has 1 aromatic carbocycles. The zero-order chi connectivity index (χ0) is 12.3. The van der Waals surface area contributed by atoms with E-state index in [1.165, 1.54) is 25.0 Å². The molecular weight excluding hydrogens is 219 g/mol. The van der Waals surface area contributed by atoms with Gasteiger partial charge in [-0.2, -0.15) is 0 Å². The van der Waals surface area contributed by atoms with Crippen molar-refractivity contribution in [2.75, 3.05) is 11.1 Å². The fraction of sp³-hybridized carbons (Fsp3) is 0.462. The van der Waals surface area contributed by atoms with Crippen LogP contribution in [0.5, 0.6) is 0 Å². The third-order valence-electron chi connectivity index (χ3n) is 3.15. The maximum Gasteiger partial charge on any atom is 0.224 e. The van der Waals surface area contributed by atoms with Crippen LogP contribution < -0.4 is 11.1 Å². The van der Waals surface area contributed by atoms with Gasteiger partial charge in [0.05, 0.1) is 0 Å². The zero-order valence-corrected chi connectivity index (χ0v) is 9.71. The van der Waals surface area contributed by atoms with Crippen LogP contribution in [0.25, 0.3) is 0 Å². The second-order valence-corrected chi connectivity index (χ2v) is 4.68. The van der Waals surface area contributed by atoms with Crippen LogP contribution in [0.3, 0.4) is 0 Å². The molecule has 1 saturated carbocycles. The van der Waals surface area contributed by atoms with Crippen LogP contribution in [-0.4, -0.2) is 5.91 Å². The highest BCUT2D eigenvalue weighted by Crippen LogP contribution is 2.28. The lowest BCUT2D eigenvalue weighted by Crippen LogP contribution is -2.15. The second kappa shape index (κ2) is 5.17. The predicted molar refractivity (Wildman–Crippen MR) is 66.0 cm³/mol. The summed E-state index contributed by atoms with van der Waals surface area (Å²) >= 11 is 0. The quantitative estimate of drug-likeness (QED) is 0.793. The molecule has 1 aliphatic rings. The monoisotopic (exact) mass is 236 g/mol. The van der Waals surface area contributed by atoms with E-state index in [-0.39, 0.29) is 5.91 Å². The number of anilines is 2. The first-order valence-electron chi connectivity index (χ1n) is 5.99. The maximum absolute atomic E-state index is 13.1. The minimum absolute atomic E-state index is 0.0538. The van der Waals surface area contributed by atoms with E-state index in [1.54, 1.807) is 6.07 Å². The van der Waals surface area contributed by atoms with Gasteiger partial charge in [-0.1, -0.05) is 12.8 Å². The molecule has 0 radical (unpaired) electrons. The lowest BCUT2D eigenvalue weighted by Gasteiger charge is -2.10. The van der Waals surface area contributed by atoms with E-state index in [0.717, 1.165) is 12.8 Å². The van der Waals surface area contributed by atoms with Crippen LogP contribution in [0.4, 0.5) is 15.8 Å². The van der Waals surface area contributed by atoms with Crippen molar-refractivity contribution in [1.29, 1.82) is 0 Å². The highest BCUT2D eigenvalue weighted by atomic mass is 19.1. The van der Waals surface area contributed by atoms with E-state index in [0.29, 0.717) is 23.7 Å². The Bertz CT molecular complexity index is 394. The Hall–Kier alpha value is -1.58. The van der Waals surface area contributed by atoms with Gasteiger partial charge in [0, 0.05) is 17.8 Å². The minimum atomic E-state index is -0.429. The summed E-state index contributed by atoms with van der Waals surface area (Å²) in [7, 11) is 0. The van der Waals surface area contributed by atoms with Gasteiger partial charge >= 0.3 is 0 Å². The van der Waals surface area contributed by atoms with E-state index >= 15 is 0 Å². The topological polar surface area (TPSA) is 55.1 Å². The standard InChI is InChI=1S/C13H17FN2O/c14-10-6-11(15)8-12(7-10)16-13(17)5-9-3-1-2-4-9/h6-9H,1-5,15H2,(H,16,17). The van der Waals surface area contributed by atoms with Crippen molar-refractivity contribution in [2.45, 2.75) is 32.1 Å². The van der Waals surface area contributed by atoms with Crippen molar-refractivity contribution < 1.29 is 9.18 Å². The van der Waals surface area contributed by atoms with Crippen LogP contribution in [0.2, 0.25) is 0 Å². The average Bonchev–Trinajstić information content (AvgIpc) is 2.67. The van der Waals surface area contributed by atoms with Gasteiger partial charge in [0.15, 0.2) is 0 Å². The van der Waals surface area contributed by atoms with Gasteiger partial charge in [0.1, 0.15) is 5.82 Å². The van der Waals surface area contributed by atoms with Crippen LogP contribution in [0.1, 0.15) is 32.1 Å². The molecule has 0 aromatic heterocycles. The summed E-state index contributed by atoms with van der Waals surface area (Å²) in [5.74, 6) is 0.00368. The molecule has 0 atom stereocenters. The van der Waals surface area contributed by atoms with Crippen molar-refractivity contribution in [1.82, 2.24) is 0 Å². The normalized spacial score (nSPS) is 16.1. The largest absolute Gasteiger partial charge is 0.399 e. The number of carbonyl (C=O) groups excluding carboxylic acids is 1. The Balaban J connectivity index is 1.92. The number of hydrogen-bond donors (Lipinski definition) is 2. The van der Waals surface area contributed by atoms with Gasteiger partial charge in [-0.3, -0.25) is 4.79 Å². The highest BCUT2D eigenvalue weighted by molar-refractivity contribution is 5.91. The molecule has 4 heteroatoms. The number of halogens is 1. The number of amides is 1. The molecular formula is C13H17FN2O. The van der Waals surface area contributed by atoms with Gasteiger partial charge in [-0.05, 0) is 37.0 Å². The Labute approximate surface area is 100 Å². The summed E-state index contributed by atoms with van der Waals surface area (Å²) < 4.78 is 13.1. The molecule has 1 fully saturated rings. The molecule has 1 amide bonds. The van der Waals surface area contributed by atoms with Gasteiger partial charge in [0.2, 0.25) is 5.91 Å². The molecule has 17 heavy (non-hydrogen) atoms. The number of rotatable bonds is 3. The summed E-state index contributed by atoms with van der Waals surface area (Å²) in [4.78, 5) is 11.7. The van der Waals surface area contributed by atoms with Crippen molar-refractivity contribution >= 4 is 17.3 Å². The minimum Gasteiger partial charge on any atom is -0.399 e. The van der Waals surface area contributed by atoms with Gasteiger partial charge in [-0.25, -0.2) is 4.39 Å². The van der Waals surface area contributed by atoms with Gasteiger partial charge in [-0.15, -0.1) is 0 Å². The maximum atomic E-state index is 13.1. The highest BCUT2D eigenvalue weighted by Gasteiger charge is 2.18. The number of nitrogens with one attached hydrogen (secondary N) is 1. The summed E-state index contributed by atoms with van der Waals surface area (Å²) in [6.45, 7) is 0. The summed E-state index contributed by atoms with van der Waals surface area (Å²) in [6, 6.07) is 4.07. The first-order chi connectivity index (χ1) is 8.13. The molecule has 3 nitrogen and oxygen atoms in total. The van der Waals surface area contributed by atoms with E-state index in [2.05, 4.69) is 5.32 Å². The SMILES string of the molecule is Nc1cc(F)cc(NC(=O)CC2CCCC2)c1. The second-order valence-electron chi connectivity index (χ2n) is 4.68. The number of nitrogens with two attached hydrogens (primary N) is 1. The van der Waals surface area contributed by atoms with Gasteiger partial charge in [0.25, 0.3) is 0 Å². The third-order valence-corrected chi connectivity index (χ3v) is 3.15. The van der Waals surface area contributed by atoms with Crippen molar-refractivity contribution in [3.8, 4) is 0 Å². The molecule has 0 unspecified atom stereocenters.